The van der Waals surface area contributed by atoms with Crippen molar-refractivity contribution in [1.82, 2.24) is 0 Å². The van der Waals surface area contributed by atoms with Gasteiger partial charge in [0.05, 0.1) is 0 Å². The summed E-state index contributed by atoms with van der Waals surface area (Å²) in [6.45, 7) is 1.46. The van der Waals surface area contributed by atoms with Gasteiger partial charge in [-0.2, -0.15) is 0 Å². The number of halogens is 2. The summed E-state index contributed by atoms with van der Waals surface area (Å²) in [5.41, 5.74) is 1.25. The standard InChI is InChI=1S/C18H15BrFNO3/c1-12(18(23)21-16-8-6-15(20)7-9-16)24-17(22)10-5-13-3-2-4-14(19)11-13/h2-12H,1H3,(H,21,23)/b10-5+/t12-/m1/s1. The van der Waals surface area contributed by atoms with E-state index in [0.717, 1.165) is 10.0 Å². The van der Waals surface area contributed by atoms with Gasteiger partial charge in [-0.15, -0.1) is 0 Å². The molecule has 0 unspecified atom stereocenters. The number of ether oxygens (including phenoxy) is 1. The average molecular weight is 392 g/mol. The van der Waals surface area contributed by atoms with Gasteiger partial charge in [-0.05, 0) is 55.0 Å². The zero-order chi connectivity index (χ0) is 17.5. The molecule has 0 aliphatic carbocycles. The van der Waals surface area contributed by atoms with E-state index < -0.39 is 23.8 Å². The third-order valence-electron chi connectivity index (χ3n) is 3.03. The fourth-order valence-electron chi connectivity index (χ4n) is 1.82. The van der Waals surface area contributed by atoms with Crippen LogP contribution < -0.4 is 5.32 Å². The molecular formula is C18H15BrFNO3. The first kappa shape index (κ1) is 17.9. The van der Waals surface area contributed by atoms with E-state index in [0.29, 0.717) is 5.69 Å². The molecule has 0 radical (unpaired) electrons. The Labute approximate surface area is 147 Å². The molecule has 0 spiro atoms. The van der Waals surface area contributed by atoms with Crippen LogP contribution in [0.3, 0.4) is 0 Å². The van der Waals surface area contributed by atoms with Crippen molar-refractivity contribution >= 4 is 39.6 Å². The number of rotatable bonds is 5. The Kier molecular flexibility index (Phi) is 6.26. The van der Waals surface area contributed by atoms with Crippen LogP contribution >= 0.6 is 15.9 Å². The van der Waals surface area contributed by atoms with Crippen molar-refractivity contribution in [2.75, 3.05) is 5.32 Å². The SMILES string of the molecule is C[C@@H](OC(=O)/C=C/c1cccc(Br)c1)C(=O)Nc1ccc(F)cc1. The van der Waals surface area contributed by atoms with E-state index in [2.05, 4.69) is 21.2 Å². The van der Waals surface area contributed by atoms with Crippen LogP contribution in [-0.2, 0) is 14.3 Å². The van der Waals surface area contributed by atoms with Crippen LogP contribution in [0.15, 0.2) is 59.1 Å². The lowest BCUT2D eigenvalue weighted by Crippen LogP contribution is -2.29. The minimum Gasteiger partial charge on any atom is -0.449 e. The van der Waals surface area contributed by atoms with Crippen molar-refractivity contribution in [2.45, 2.75) is 13.0 Å². The van der Waals surface area contributed by atoms with Gasteiger partial charge < -0.3 is 10.1 Å². The Morgan fingerprint density at radius 1 is 1.21 bits per heavy atom. The summed E-state index contributed by atoms with van der Waals surface area (Å²) in [6.07, 6.45) is 1.87. The van der Waals surface area contributed by atoms with E-state index in [1.54, 1.807) is 6.08 Å². The van der Waals surface area contributed by atoms with Gasteiger partial charge >= 0.3 is 5.97 Å². The number of anilines is 1. The Morgan fingerprint density at radius 3 is 2.58 bits per heavy atom. The van der Waals surface area contributed by atoms with Crippen LogP contribution in [0.2, 0.25) is 0 Å². The third-order valence-corrected chi connectivity index (χ3v) is 3.53. The summed E-state index contributed by atoms with van der Waals surface area (Å²) in [5, 5.41) is 2.54. The predicted octanol–water partition coefficient (Wildman–Crippen LogP) is 4.17. The average Bonchev–Trinajstić information content (AvgIpc) is 2.55. The molecule has 0 aliphatic heterocycles. The van der Waals surface area contributed by atoms with Gasteiger partial charge in [-0.1, -0.05) is 28.1 Å². The molecule has 124 valence electrons. The van der Waals surface area contributed by atoms with Crippen molar-refractivity contribution in [3.63, 3.8) is 0 Å². The van der Waals surface area contributed by atoms with E-state index in [1.807, 2.05) is 24.3 Å². The molecule has 2 aromatic carbocycles. The van der Waals surface area contributed by atoms with Crippen LogP contribution in [0.5, 0.6) is 0 Å². The van der Waals surface area contributed by atoms with E-state index in [4.69, 9.17) is 4.74 Å². The molecule has 4 nitrogen and oxygen atoms in total. The molecule has 0 bridgehead atoms. The first-order chi connectivity index (χ1) is 11.4. The first-order valence-electron chi connectivity index (χ1n) is 7.15. The van der Waals surface area contributed by atoms with E-state index >= 15 is 0 Å². The Morgan fingerprint density at radius 2 is 1.92 bits per heavy atom. The van der Waals surface area contributed by atoms with Gasteiger partial charge in [-0.25, -0.2) is 9.18 Å². The van der Waals surface area contributed by atoms with Crippen LogP contribution in [0.25, 0.3) is 6.08 Å². The lowest BCUT2D eigenvalue weighted by Gasteiger charge is -2.12. The van der Waals surface area contributed by atoms with Crippen LogP contribution in [0.1, 0.15) is 12.5 Å². The molecule has 1 atom stereocenters. The molecule has 0 aliphatic rings. The van der Waals surface area contributed by atoms with Crippen molar-refractivity contribution in [3.8, 4) is 0 Å². The Balaban J connectivity index is 1.88. The number of hydrogen-bond donors (Lipinski definition) is 1. The number of esters is 1. The van der Waals surface area contributed by atoms with Gasteiger partial charge in [0.15, 0.2) is 6.10 Å². The fourth-order valence-corrected chi connectivity index (χ4v) is 2.24. The maximum atomic E-state index is 12.8. The quantitative estimate of drug-likeness (QED) is 0.614. The summed E-state index contributed by atoms with van der Waals surface area (Å²) in [5.74, 6) is -1.52. The number of hydrogen-bond acceptors (Lipinski definition) is 3. The Bertz CT molecular complexity index is 759. The summed E-state index contributed by atoms with van der Waals surface area (Å²) in [6, 6.07) is 12.7. The number of nitrogens with one attached hydrogen (secondary N) is 1. The van der Waals surface area contributed by atoms with Crippen LogP contribution in [0.4, 0.5) is 10.1 Å². The lowest BCUT2D eigenvalue weighted by molar-refractivity contribution is -0.148. The van der Waals surface area contributed by atoms with Crippen LogP contribution in [0, 0.1) is 5.82 Å². The molecule has 2 aromatic rings. The number of amides is 1. The number of carbonyl (C=O) groups is 2. The van der Waals surface area contributed by atoms with Crippen molar-refractivity contribution < 1.29 is 18.7 Å². The van der Waals surface area contributed by atoms with E-state index in [-0.39, 0.29) is 0 Å². The largest absolute Gasteiger partial charge is 0.449 e. The maximum Gasteiger partial charge on any atom is 0.331 e. The second-order valence-electron chi connectivity index (χ2n) is 4.96. The Hall–Kier alpha value is -2.47. The summed E-state index contributed by atoms with van der Waals surface area (Å²) in [7, 11) is 0. The molecular weight excluding hydrogens is 377 g/mol. The third kappa shape index (κ3) is 5.62. The topological polar surface area (TPSA) is 55.4 Å². The molecule has 0 saturated carbocycles. The smallest absolute Gasteiger partial charge is 0.331 e. The molecule has 0 fully saturated rings. The summed E-state index contributed by atoms with van der Waals surface area (Å²) < 4.78 is 18.7. The number of carbonyl (C=O) groups excluding carboxylic acids is 2. The number of benzene rings is 2. The van der Waals surface area contributed by atoms with E-state index in [1.165, 1.54) is 37.3 Å². The second kappa shape index (κ2) is 8.40. The van der Waals surface area contributed by atoms with Gasteiger partial charge in [0.2, 0.25) is 0 Å². The minimum atomic E-state index is -0.977. The molecule has 0 heterocycles. The molecule has 1 N–H and O–H groups in total. The molecule has 0 saturated heterocycles. The first-order valence-corrected chi connectivity index (χ1v) is 7.94. The summed E-state index contributed by atoms with van der Waals surface area (Å²) in [4.78, 5) is 23.7. The highest BCUT2D eigenvalue weighted by atomic mass is 79.9. The highest BCUT2D eigenvalue weighted by molar-refractivity contribution is 9.10. The van der Waals surface area contributed by atoms with Gasteiger partial charge in [0.1, 0.15) is 5.82 Å². The van der Waals surface area contributed by atoms with Crippen molar-refractivity contribution in [3.05, 3.63) is 70.5 Å². The highest BCUT2D eigenvalue weighted by Crippen LogP contribution is 2.13. The fraction of sp³-hybridized carbons (Fsp3) is 0.111. The summed E-state index contributed by atoms with van der Waals surface area (Å²) >= 11 is 3.34. The zero-order valence-electron chi connectivity index (χ0n) is 12.8. The van der Waals surface area contributed by atoms with Gasteiger partial charge in [0, 0.05) is 16.2 Å². The van der Waals surface area contributed by atoms with E-state index in [9.17, 15) is 14.0 Å². The second-order valence-corrected chi connectivity index (χ2v) is 5.88. The van der Waals surface area contributed by atoms with Crippen molar-refractivity contribution in [2.24, 2.45) is 0 Å². The van der Waals surface area contributed by atoms with Gasteiger partial charge in [-0.3, -0.25) is 4.79 Å². The molecule has 1 amide bonds. The predicted molar refractivity (Wildman–Crippen MR) is 93.8 cm³/mol. The normalized spacial score (nSPS) is 12.0. The minimum absolute atomic E-state index is 0.398. The lowest BCUT2D eigenvalue weighted by atomic mass is 10.2. The molecule has 24 heavy (non-hydrogen) atoms. The zero-order valence-corrected chi connectivity index (χ0v) is 14.4. The maximum absolute atomic E-state index is 12.8. The monoisotopic (exact) mass is 391 g/mol. The van der Waals surface area contributed by atoms with Gasteiger partial charge in [0.25, 0.3) is 5.91 Å². The highest BCUT2D eigenvalue weighted by Gasteiger charge is 2.16. The molecule has 2 rings (SSSR count). The molecule has 6 heteroatoms. The molecule has 0 aromatic heterocycles. The van der Waals surface area contributed by atoms with Crippen LogP contribution in [-0.4, -0.2) is 18.0 Å². The van der Waals surface area contributed by atoms with Crippen molar-refractivity contribution in [1.29, 1.82) is 0 Å².